The summed E-state index contributed by atoms with van der Waals surface area (Å²) in [6, 6.07) is 4.12. The lowest BCUT2D eigenvalue weighted by Gasteiger charge is -2.38. The van der Waals surface area contributed by atoms with Crippen LogP contribution in [0.2, 0.25) is 0 Å². The fraction of sp³-hybridized carbons (Fsp3) is 0.667. The van der Waals surface area contributed by atoms with Gasteiger partial charge in [-0.05, 0) is 65.6 Å². The molecule has 0 atom stereocenters. The third-order valence-corrected chi connectivity index (χ3v) is 4.76. The highest BCUT2D eigenvalue weighted by Crippen LogP contribution is 2.36. The topological polar surface area (TPSA) is 38.9 Å². The second kappa shape index (κ2) is 5.70. The third kappa shape index (κ3) is 3.55. The number of hydrogen-bond donors (Lipinski definition) is 1. The van der Waals surface area contributed by atoms with E-state index >= 15 is 0 Å². The Balaban J connectivity index is 1.95. The van der Waals surface area contributed by atoms with Crippen LogP contribution in [-0.2, 0) is 6.42 Å². The zero-order chi connectivity index (χ0) is 13.2. The number of nitrogens with two attached hydrogens (primary N) is 1. The fourth-order valence-electron chi connectivity index (χ4n) is 2.93. The van der Waals surface area contributed by atoms with Crippen LogP contribution in [0.15, 0.2) is 22.8 Å². The summed E-state index contributed by atoms with van der Waals surface area (Å²) in [5.41, 5.74) is 7.62. The zero-order valence-electron chi connectivity index (χ0n) is 11.3. The first-order chi connectivity index (χ1) is 8.48. The first-order valence-electron chi connectivity index (χ1n) is 6.88. The molecule has 1 aromatic rings. The van der Waals surface area contributed by atoms with Crippen LogP contribution in [0.5, 0.6) is 0 Å². The molecule has 2 nitrogen and oxygen atoms in total. The van der Waals surface area contributed by atoms with E-state index in [4.69, 9.17) is 5.73 Å². The first-order valence-corrected chi connectivity index (χ1v) is 7.67. The zero-order valence-corrected chi connectivity index (χ0v) is 12.9. The third-order valence-electron chi connectivity index (χ3n) is 4.29. The van der Waals surface area contributed by atoms with Crippen LogP contribution in [0, 0.1) is 11.8 Å². The van der Waals surface area contributed by atoms with Crippen LogP contribution in [0.4, 0.5) is 0 Å². The van der Waals surface area contributed by atoms with E-state index in [1.807, 2.05) is 12.3 Å². The van der Waals surface area contributed by atoms with E-state index in [1.165, 1.54) is 12.8 Å². The van der Waals surface area contributed by atoms with Crippen molar-refractivity contribution in [1.82, 2.24) is 4.98 Å². The van der Waals surface area contributed by atoms with Crippen LogP contribution >= 0.6 is 15.9 Å². The molecule has 100 valence electrons. The number of pyridine rings is 1. The minimum absolute atomic E-state index is 0.0355. The molecular formula is C15H23BrN2. The predicted molar refractivity (Wildman–Crippen MR) is 79.4 cm³/mol. The Hall–Kier alpha value is -0.410. The lowest BCUT2D eigenvalue weighted by molar-refractivity contribution is 0.193. The van der Waals surface area contributed by atoms with E-state index < -0.39 is 0 Å². The number of hydrogen-bond acceptors (Lipinski definition) is 2. The molecule has 1 fully saturated rings. The van der Waals surface area contributed by atoms with Gasteiger partial charge in [0.15, 0.2) is 0 Å². The smallest absolute Gasteiger partial charge is 0.0422 e. The molecule has 0 aliphatic heterocycles. The molecule has 2 N–H and O–H groups in total. The number of halogens is 1. The Morgan fingerprint density at radius 3 is 2.56 bits per heavy atom. The van der Waals surface area contributed by atoms with Gasteiger partial charge in [-0.15, -0.1) is 0 Å². The van der Waals surface area contributed by atoms with Gasteiger partial charge < -0.3 is 5.73 Å². The second-order valence-corrected chi connectivity index (χ2v) is 7.00. The average Bonchev–Trinajstić information content (AvgIpc) is 2.32. The van der Waals surface area contributed by atoms with Crippen molar-refractivity contribution in [2.45, 2.75) is 51.5 Å². The van der Waals surface area contributed by atoms with Crippen LogP contribution in [0.25, 0.3) is 0 Å². The summed E-state index contributed by atoms with van der Waals surface area (Å²) < 4.78 is 1.03. The fourth-order valence-corrected chi connectivity index (χ4v) is 3.16. The van der Waals surface area contributed by atoms with Crippen molar-refractivity contribution in [1.29, 1.82) is 0 Å². The van der Waals surface area contributed by atoms with Crippen LogP contribution in [0.1, 0.15) is 45.2 Å². The summed E-state index contributed by atoms with van der Waals surface area (Å²) >= 11 is 3.41. The van der Waals surface area contributed by atoms with E-state index in [0.29, 0.717) is 0 Å². The van der Waals surface area contributed by atoms with Crippen molar-refractivity contribution in [3.63, 3.8) is 0 Å². The normalized spacial score (nSPS) is 28.6. The Morgan fingerprint density at radius 1 is 1.39 bits per heavy atom. The van der Waals surface area contributed by atoms with Crippen LogP contribution < -0.4 is 5.73 Å². The quantitative estimate of drug-likeness (QED) is 0.918. The van der Waals surface area contributed by atoms with Crippen LogP contribution in [-0.4, -0.2) is 10.5 Å². The van der Waals surface area contributed by atoms with Gasteiger partial charge in [-0.25, -0.2) is 0 Å². The van der Waals surface area contributed by atoms with Gasteiger partial charge >= 0.3 is 0 Å². The Bertz CT molecular complexity index is 378. The molecule has 1 aliphatic carbocycles. The average molecular weight is 311 g/mol. The van der Waals surface area contributed by atoms with Crippen molar-refractivity contribution < 1.29 is 0 Å². The van der Waals surface area contributed by atoms with Gasteiger partial charge in [0.25, 0.3) is 0 Å². The maximum Gasteiger partial charge on any atom is 0.0422 e. The molecule has 3 heteroatoms. The summed E-state index contributed by atoms with van der Waals surface area (Å²) in [6.45, 7) is 4.65. The molecule has 18 heavy (non-hydrogen) atoms. The molecule has 0 saturated heterocycles. The Kier molecular flexibility index (Phi) is 4.44. The largest absolute Gasteiger partial charge is 0.325 e. The van der Waals surface area contributed by atoms with Crippen molar-refractivity contribution in [3.05, 3.63) is 28.5 Å². The maximum atomic E-state index is 6.54. The second-order valence-electron chi connectivity index (χ2n) is 6.09. The van der Waals surface area contributed by atoms with Gasteiger partial charge in [0.2, 0.25) is 0 Å². The Morgan fingerprint density at radius 2 is 2.06 bits per heavy atom. The van der Waals surface area contributed by atoms with Crippen LogP contribution in [0.3, 0.4) is 0 Å². The summed E-state index contributed by atoms with van der Waals surface area (Å²) in [7, 11) is 0. The van der Waals surface area contributed by atoms with Crippen molar-refractivity contribution >= 4 is 15.9 Å². The summed E-state index contributed by atoms with van der Waals surface area (Å²) in [4.78, 5) is 4.44. The molecule has 0 spiro atoms. The molecule has 1 heterocycles. The molecule has 0 amide bonds. The predicted octanol–water partition coefficient (Wildman–Crippen LogP) is 3.93. The number of rotatable bonds is 3. The minimum atomic E-state index is -0.0355. The van der Waals surface area contributed by atoms with E-state index in [0.717, 1.165) is 41.3 Å². The summed E-state index contributed by atoms with van der Waals surface area (Å²) in [5, 5.41) is 0. The molecule has 0 radical (unpaired) electrons. The Labute approximate surface area is 119 Å². The van der Waals surface area contributed by atoms with Crippen molar-refractivity contribution in [2.24, 2.45) is 17.6 Å². The minimum Gasteiger partial charge on any atom is -0.325 e. The van der Waals surface area contributed by atoms with Gasteiger partial charge in [0.05, 0.1) is 0 Å². The molecule has 1 saturated carbocycles. The standard InChI is InChI=1S/C15H23BrN2/c1-11(2)12-5-7-15(17,8-6-12)9-14-4-3-13(16)10-18-14/h3-4,10-12H,5-9,17H2,1-2H3. The lowest BCUT2D eigenvalue weighted by atomic mass is 9.71. The monoisotopic (exact) mass is 310 g/mol. The lowest BCUT2D eigenvalue weighted by Crippen LogP contribution is -2.46. The molecule has 0 unspecified atom stereocenters. The van der Waals surface area contributed by atoms with E-state index in [9.17, 15) is 0 Å². The number of nitrogens with zero attached hydrogens (tertiary/aromatic N) is 1. The highest BCUT2D eigenvalue weighted by molar-refractivity contribution is 9.10. The highest BCUT2D eigenvalue weighted by atomic mass is 79.9. The van der Waals surface area contributed by atoms with E-state index in [2.05, 4.69) is 40.8 Å². The maximum absolute atomic E-state index is 6.54. The van der Waals surface area contributed by atoms with Crippen molar-refractivity contribution in [3.8, 4) is 0 Å². The van der Waals surface area contributed by atoms with Gasteiger partial charge in [-0.1, -0.05) is 13.8 Å². The molecule has 0 aromatic carbocycles. The first kappa shape index (κ1) is 14.0. The molecule has 1 aliphatic rings. The SMILES string of the molecule is CC(C)C1CCC(N)(Cc2ccc(Br)cn2)CC1. The van der Waals surface area contributed by atoms with Crippen molar-refractivity contribution in [2.75, 3.05) is 0 Å². The summed E-state index contributed by atoms with van der Waals surface area (Å²) in [6.07, 6.45) is 7.57. The van der Waals surface area contributed by atoms with Gasteiger partial charge in [0, 0.05) is 28.3 Å². The molecule has 2 rings (SSSR count). The van der Waals surface area contributed by atoms with E-state index in [-0.39, 0.29) is 5.54 Å². The van der Waals surface area contributed by atoms with Gasteiger partial charge in [-0.2, -0.15) is 0 Å². The van der Waals surface area contributed by atoms with Gasteiger partial charge in [0.1, 0.15) is 0 Å². The molecular weight excluding hydrogens is 288 g/mol. The van der Waals surface area contributed by atoms with E-state index in [1.54, 1.807) is 0 Å². The van der Waals surface area contributed by atoms with Gasteiger partial charge in [-0.3, -0.25) is 4.98 Å². The summed E-state index contributed by atoms with van der Waals surface area (Å²) in [5.74, 6) is 1.65. The molecule has 0 bridgehead atoms. The highest BCUT2D eigenvalue weighted by Gasteiger charge is 2.33. The molecule has 1 aromatic heterocycles. The number of aromatic nitrogens is 1.